The third-order valence-electron chi connectivity index (χ3n) is 3.48. The van der Waals surface area contributed by atoms with Crippen LogP contribution in [0.1, 0.15) is 18.1 Å². The van der Waals surface area contributed by atoms with Gasteiger partial charge in [0.15, 0.2) is 6.10 Å². The Labute approximate surface area is 123 Å². The second-order valence-corrected chi connectivity index (χ2v) is 4.88. The molecule has 1 aromatic rings. The summed E-state index contributed by atoms with van der Waals surface area (Å²) >= 11 is 0. The van der Waals surface area contributed by atoms with E-state index in [1.165, 1.54) is 7.11 Å². The molecule has 1 amide bonds. The van der Waals surface area contributed by atoms with Gasteiger partial charge in [0.2, 0.25) is 0 Å². The number of nitrogens with zero attached hydrogens (tertiary/aromatic N) is 1. The highest BCUT2D eigenvalue weighted by atomic mass is 16.5. The molecule has 1 heterocycles. The standard InChI is InChI=1S/C15H19NO5/c1-20-14(11-5-3-2-4-6-11)15(19)16-7-8-21-10-12(16)9-13(17)18/h2-6,12,14H,7-10H2,1H3,(H,17,18). The Hall–Kier alpha value is -1.92. The van der Waals surface area contributed by atoms with E-state index in [9.17, 15) is 9.59 Å². The molecule has 1 fully saturated rings. The molecule has 1 aliphatic heterocycles. The lowest BCUT2D eigenvalue weighted by molar-refractivity contribution is -0.154. The summed E-state index contributed by atoms with van der Waals surface area (Å²) in [6.45, 7) is 1.03. The Kier molecular flexibility index (Phi) is 5.30. The van der Waals surface area contributed by atoms with Crippen LogP contribution in [0.4, 0.5) is 0 Å². The molecular weight excluding hydrogens is 274 g/mol. The number of hydrogen-bond acceptors (Lipinski definition) is 4. The van der Waals surface area contributed by atoms with Gasteiger partial charge in [-0.25, -0.2) is 0 Å². The van der Waals surface area contributed by atoms with Crippen molar-refractivity contribution in [1.29, 1.82) is 0 Å². The molecule has 2 unspecified atom stereocenters. The van der Waals surface area contributed by atoms with Gasteiger partial charge in [-0.15, -0.1) is 0 Å². The molecule has 1 saturated heterocycles. The number of methoxy groups -OCH3 is 1. The largest absolute Gasteiger partial charge is 0.481 e. The number of carboxylic acids is 1. The van der Waals surface area contributed by atoms with Gasteiger partial charge >= 0.3 is 5.97 Å². The van der Waals surface area contributed by atoms with Crippen LogP contribution in [-0.2, 0) is 19.1 Å². The van der Waals surface area contributed by atoms with Crippen LogP contribution in [0.15, 0.2) is 30.3 Å². The van der Waals surface area contributed by atoms with Gasteiger partial charge < -0.3 is 19.5 Å². The molecule has 6 nitrogen and oxygen atoms in total. The zero-order chi connectivity index (χ0) is 15.2. The molecule has 114 valence electrons. The van der Waals surface area contributed by atoms with Gasteiger partial charge in [0.05, 0.1) is 25.7 Å². The molecule has 0 aliphatic carbocycles. The Bertz CT molecular complexity index is 490. The highest BCUT2D eigenvalue weighted by Crippen LogP contribution is 2.22. The molecule has 6 heteroatoms. The summed E-state index contributed by atoms with van der Waals surface area (Å²) < 4.78 is 10.6. The number of carbonyl (C=O) groups is 2. The SMILES string of the molecule is COC(C(=O)N1CCOCC1CC(=O)O)c1ccccc1. The molecule has 1 N–H and O–H groups in total. The average Bonchev–Trinajstić information content (AvgIpc) is 2.49. The van der Waals surface area contributed by atoms with Crippen LogP contribution in [0.2, 0.25) is 0 Å². The maximum atomic E-state index is 12.7. The van der Waals surface area contributed by atoms with Gasteiger partial charge in [-0.3, -0.25) is 9.59 Å². The summed E-state index contributed by atoms with van der Waals surface area (Å²) in [5, 5.41) is 8.95. The van der Waals surface area contributed by atoms with Crippen LogP contribution < -0.4 is 0 Å². The number of carbonyl (C=O) groups excluding carboxylic acids is 1. The molecule has 0 bridgehead atoms. The van der Waals surface area contributed by atoms with Crippen LogP contribution in [0.5, 0.6) is 0 Å². The second kappa shape index (κ2) is 7.19. The number of aliphatic carboxylic acids is 1. The van der Waals surface area contributed by atoms with E-state index in [1.54, 1.807) is 4.90 Å². The molecule has 0 saturated carbocycles. The van der Waals surface area contributed by atoms with E-state index in [-0.39, 0.29) is 18.9 Å². The number of carboxylic acid groups (broad SMARTS) is 1. The molecule has 1 aromatic carbocycles. The number of morpholine rings is 1. The van der Waals surface area contributed by atoms with Crippen molar-refractivity contribution in [2.75, 3.05) is 26.9 Å². The summed E-state index contributed by atoms with van der Waals surface area (Å²) in [4.78, 5) is 25.1. The van der Waals surface area contributed by atoms with Gasteiger partial charge in [-0.1, -0.05) is 30.3 Å². The Morgan fingerprint density at radius 2 is 2.14 bits per heavy atom. The Balaban J connectivity index is 2.16. The molecule has 1 aliphatic rings. The number of ether oxygens (including phenoxy) is 2. The van der Waals surface area contributed by atoms with E-state index in [4.69, 9.17) is 14.6 Å². The van der Waals surface area contributed by atoms with Crippen LogP contribution in [0.3, 0.4) is 0 Å². The Morgan fingerprint density at radius 3 is 2.76 bits per heavy atom. The highest BCUT2D eigenvalue weighted by Gasteiger charge is 2.33. The van der Waals surface area contributed by atoms with Crippen molar-refractivity contribution in [2.45, 2.75) is 18.6 Å². The topological polar surface area (TPSA) is 76.1 Å². The predicted octanol–water partition coefficient (Wildman–Crippen LogP) is 1.08. The zero-order valence-corrected chi connectivity index (χ0v) is 11.9. The third kappa shape index (κ3) is 3.80. The lowest BCUT2D eigenvalue weighted by Crippen LogP contribution is -2.51. The van der Waals surface area contributed by atoms with E-state index < -0.39 is 18.1 Å². The smallest absolute Gasteiger partial charge is 0.305 e. The van der Waals surface area contributed by atoms with Crippen LogP contribution in [-0.4, -0.2) is 54.8 Å². The number of hydrogen-bond donors (Lipinski definition) is 1. The van der Waals surface area contributed by atoms with Crippen molar-refractivity contribution in [2.24, 2.45) is 0 Å². The summed E-state index contributed by atoms with van der Waals surface area (Å²) in [5.41, 5.74) is 0.755. The van der Waals surface area contributed by atoms with Gasteiger partial charge in [-0.05, 0) is 5.56 Å². The van der Waals surface area contributed by atoms with Crippen molar-refractivity contribution < 1.29 is 24.2 Å². The summed E-state index contributed by atoms with van der Waals surface area (Å²) in [6, 6.07) is 8.72. The maximum Gasteiger partial charge on any atom is 0.305 e. The van der Waals surface area contributed by atoms with Crippen molar-refractivity contribution in [3.63, 3.8) is 0 Å². The van der Waals surface area contributed by atoms with Crippen molar-refractivity contribution in [1.82, 2.24) is 4.90 Å². The average molecular weight is 293 g/mol. The highest BCUT2D eigenvalue weighted by molar-refractivity contribution is 5.83. The molecular formula is C15H19NO5. The quantitative estimate of drug-likeness (QED) is 0.879. The molecule has 2 atom stereocenters. The number of amides is 1. The first-order valence-electron chi connectivity index (χ1n) is 6.81. The lowest BCUT2D eigenvalue weighted by Gasteiger charge is -2.36. The van der Waals surface area contributed by atoms with E-state index in [1.807, 2.05) is 30.3 Å². The number of benzene rings is 1. The fourth-order valence-electron chi connectivity index (χ4n) is 2.47. The minimum absolute atomic E-state index is 0.128. The minimum atomic E-state index is -0.947. The van der Waals surface area contributed by atoms with Crippen molar-refractivity contribution >= 4 is 11.9 Å². The summed E-state index contributed by atoms with van der Waals surface area (Å²) in [6.07, 6.45) is -0.850. The first-order chi connectivity index (χ1) is 10.1. The van der Waals surface area contributed by atoms with E-state index >= 15 is 0 Å². The number of rotatable bonds is 5. The van der Waals surface area contributed by atoms with Crippen LogP contribution in [0, 0.1) is 0 Å². The molecule has 2 rings (SSSR count). The normalized spacial score (nSPS) is 20.0. The molecule has 21 heavy (non-hydrogen) atoms. The Morgan fingerprint density at radius 1 is 1.43 bits per heavy atom. The van der Waals surface area contributed by atoms with E-state index in [2.05, 4.69) is 0 Å². The minimum Gasteiger partial charge on any atom is -0.481 e. The molecule has 0 aromatic heterocycles. The maximum absolute atomic E-state index is 12.7. The molecule has 0 spiro atoms. The molecule has 0 radical (unpaired) electrons. The van der Waals surface area contributed by atoms with Crippen LogP contribution >= 0.6 is 0 Å². The van der Waals surface area contributed by atoms with Crippen LogP contribution in [0.25, 0.3) is 0 Å². The summed E-state index contributed by atoms with van der Waals surface area (Å²) in [7, 11) is 1.47. The van der Waals surface area contributed by atoms with E-state index in [0.717, 1.165) is 5.56 Å². The first-order valence-corrected chi connectivity index (χ1v) is 6.81. The zero-order valence-electron chi connectivity index (χ0n) is 11.9. The van der Waals surface area contributed by atoms with E-state index in [0.29, 0.717) is 13.2 Å². The monoisotopic (exact) mass is 293 g/mol. The van der Waals surface area contributed by atoms with Gasteiger partial charge in [0.25, 0.3) is 5.91 Å². The fourth-order valence-corrected chi connectivity index (χ4v) is 2.47. The van der Waals surface area contributed by atoms with Gasteiger partial charge in [0.1, 0.15) is 0 Å². The van der Waals surface area contributed by atoms with Gasteiger partial charge in [0, 0.05) is 13.7 Å². The van der Waals surface area contributed by atoms with Gasteiger partial charge in [-0.2, -0.15) is 0 Å². The first kappa shape index (κ1) is 15.5. The third-order valence-corrected chi connectivity index (χ3v) is 3.48. The van der Waals surface area contributed by atoms with Crippen molar-refractivity contribution in [3.8, 4) is 0 Å². The lowest BCUT2D eigenvalue weighted by atomic mass is 10.1. The second-order valence-electron chi connectivity index (χ2n) is 4.88. The summed E-state index contributed by atoms with van der Waals surface area (Å²) in [5.74, 6) is -1.17. The predicted molar refractivity (Wildman–Crippen MR) is 74.8 cm³/mol. The fraction of sp³-hybridized carbons (Fsp3) is 0.467. The van der Waals surface area contributed by atoms with Crippen molar-refractivity contribution in [3.05, 3.63) is 35.9 Å².